The van der Waals surface area contributed by atoms with Gasteiger partial charge in [-0.1, -0.05) is 32.1 Å². The average molecular weight is 429 g/mol. The number of Topliss-reactive ketones (excluding diaryl/α,β-unsaturated/α-hetero) is 1. The van der Waals surface area contributed by atoms with Gasteiger partial charge in [0.15, 0.2) is 11.6 Å². The lowest BCUT2D eigenvalue weighted by Gasteiger charge is -2.20. The summed E-state index contributed by atoms with van der Waals surface area (Å²) in [5.74, 6) is -0.312. The molecule has 4 nitrogen and oxygen atoms in total. The molecule has 3 aromatic rings. The van der Waals surface area contributed by atoms with E-state index < -0.39 is 11.6 Å². The first-order chi connectivity index (χ1) is 14.5. The molecular weight excluding hydrogens is 406 g/mol. The number of fused-ring (bicyclic) bond motifs is 3. The first-order valence-electron chi connectivity index (χ1n) is 10.4. The Kier molecular flexibility index (Phi) is 4.93. The number of hydrogen-bond acceptors (Lipinski definition) is 4. The van der Waals surface area contributed by atoms with Crippen molar-refractivity contribution in [2.75, 3.05) is 0 Å². The maximum absolute atomic E-state index is 14.7. The smallest absolute Gasteiger partial charge is 0.183 e. The number of benzene rings is 1. The Bertz CT molecular complexity index is 1130. The number of carbonyl (C=O) groups is 1. The summed E-state index contributed by atoms with van der Waals surface area (Å²) in [5, 5.41) is 4.56. The molecule has 1 aromatic carbocycles. The number of hydrogen-bond donors (Lipinski definition) is 0. The quantitative estimate of drug-likeness (QED) is 0.463. The van der Waals surface area contributed by atoms with E-state index in [1.54, 1.807) is 0 Å². The molecule has 0 amide bonds. The van der Waals surface area contributed by atoms with Crippen LogP contribution in [0.5, 0.6) is 5.75 Å². The van der Waals surface area contributed by atoms with Crippen LogP contribution in [0.4, 0.5) is 8.78 Å². The molecule has 5 rings (SSSR count). The molecule has 2 aliphatic rings. The molecule has 2 aromatic heterocycles. The fourth-order valence-electron chi connectivity index (χ4n) is 4.53. The van der Waals surface area contributed by atoms with Crippen LogP contribution in [0.1, 0.15) is 59.5 Å². The SMILES string of the molecule is Cc1cc2c(s1)-c1c(c(C(=O)CC3CCCCC3)nn1-c1ccc(F)cc1F)CO2. The van der Waals surface area contributed by atoms with Gasteiger partial charge in [-0.25, -0.2) is 13.5 Å². The molecule has 0 saturated heterocycles. The summed E-state index contributed by atoms with van der Waals surface area (Å²) in [6.45, 7) is 2.19. The zero-order valence-electron chi connectivity index (χ0n) is 16.7. The van der Waals surface area contributed by atoms with Gasteiger partial charge in [0.2, 0.25) is 0 Å². The molecule has 7 heteroatoms. The predicted molar refractivity (Wildman–Crippen MR) is 111 cm³/mol. The number of ether oxygens (including phenoxy) is 1. The largest absolute Gasteiger partial charge is 0.487 e. The molecule has 1 saturated carbocycles. The Morgan fingerprint density at radius 2 is 2.03 bits per heavy atom. The second-order valence-electron chi connectivity index (χ2n) is 8.15. The number of aryl methyl sites for hydroxylation is 1. The van der Waals surface area contributed by atoms with Gasteiger partial charge >= 0.3 is 0 Å². The van der Waals surface area contributed by atoms with Gasteiger partial charge in [0.1, 0.15) is 29.6 Å². The summed E-state index contributed by atoms with van der Waals surface area (Å²) >= 11 is 1.52. The Morgan fingerprint density at radius 3 is 2.80 bits per heavy atom. The van der Waals surface area contributed by atoms with Gasteiger partial charge in [-0.2, -0.15) is 5.10 Å². The summed E-state index contributed by atoms with van der Waals surface area (Å²) in [6, 6.07) is 5.34. The number of nitrogens with zero attached hydrogens (tertiary/aromatic N) is 2. The van der Waals surface area contributed by atoms with E-state index in [2.05, 4.69) is 5.10 Å². The van der Waals surface area contributed by atoms with Crippen LogP contribution in [0.2, 0.25) is 0 Å². The van der Waals surface area contributed by atoms with Crippen LogP contribution in [0, 0.1) is 24.5 Å². The Morgan fingerprint density at radius 1 is 1.23 bits per heavy atom. The molecule has 0 atom stereocenters. The normalized spacial score (nSPS) is 16.1. The van der Waals surface area contributed by atoms with Crippen LogP contribution in [0.15, 0.2) is 24.3 Å². The molecule has 1 aliphatic carbocycles. The third kappa shape index (κ3) is 3.35. The van der Waals surface area contributed by atoms with Gasteiger partial charge in [-0.05, 0) is 31.0 Å². The van der Waals surface area contributed by atoms with Crippen molar-refractivity contribution in [1.82, 2.24) is 9.78 Å². The van der Waals surface area contributed by atoms with Crippen LogP contribution in [0.25, 0.3) is 16.3 Å². The van der Waals surface area contributed by atoms with Gasteiger partial charge in [0.25, 0.3) is 0 Å². The number of thiophene rings is 1. The fourth-order valence-corrected chi connectivity index (χ4v) is 5.55. The first-order valence-corrected chi connectivity index (χ1v) is 11.2. The molecule has 0 spiro atoms. The van der Waals surface area contributed by atoms with Gasteiger partial charge in [-0.15, -0.1) is 11.3 Å². The molecule has 3 heterocycles. The topological polar surface area (TPSA) is 44.1 Å². The maximum Gasteiger partial charge on any atom is 0.183 e. The van der Waals surface area contributed by atoms with E-state index in [1.807, 2.05) is 13.0 Å². The van der Waals surface area contributed by atoms with Crippen molar-refractivity contribution >= 4 is 17.1 Å². The van der Waals surface area contributed by atoms with Crippen molar-refractivity contribution in [3.05, 3.63) is 52.0 Å². The molecule has 0 N–H and O–H groups in total. The highest BCUT2D eigenvalue weighted by Crippen LogP contribution is 2.46. The zero-order valence-corrected chi connectivity index (χ0v) is 17.5. The molecule has 30 heavy (non-hydrogen) atoms. The third-order valence-electron chi connectivity index (χ3n) is 5.99. The monoisotopic (exact) mass is 428 g/mol. The minimum Gasteiger partial charge on any atom is -0.487 e. The van der Waals surface area contributed by atoms with Crippen molar-refractivity contribution in [2.24, 2.45) is 5.92 Å². The predicted octanol–water partition coefficient (Wildman–Crippen LogP) is 6.23. The van der Waals surface area contributed by atoms with Crippen molar-refractivity contribution in [3.8, 4) is 22.0 Å². The van der Waals surface area contributed by atoms with E-state index in [9.17, 15) is 13.6 Å². The number of rotatable bonds is 4. The van der Waals surface area contributed by atoms with E-state index >= 15 is 0 Å². The summed E-state index contributed by atoms with van der Waals surface area (Å²) in [6.07, 6.45) is 6.12. The number of aromatic nitrogens is 2. The summed E-state index contributed by atoms with van der Waals surface area (Å²) in [4.78, 5) is 15.1. The van der Waals surface area contributed by atoms with Crippen LogP contribution in [-0.2, 0) is 6.61 Å². The molecule has 0 radical (unpaired) electrons. The van der Waals surface area contributed by atoms with Crippen molar-refractivity contribution in [2.45, 2.75) is 52.1 Å². The van der Waals surface area contributed by atoms with Gasteiger partial charge in [-0.3, -0.25) is 4.79 Å². The van der Waals surface area contributed by atoms with Gasteiger partial charge < -0.3 is 4.74 Å². The van der Waals surface area contributed by atoms with Crippen LogP contribution in [0.3, 0.4) is 0 Å². The average Bonchev–Trinajstić information content (AvgIpc) is 3.28. The lowest BCUT2D eigenvalue weighted by atomic mass is 9.85. The standard InChI is InChI=1S/C23H22F2N2O2S/c1-13-9-20-23(30-13)22-16(12-29-20)21(19(28)10-14-5-3-2-4-6-14)26-27(22)18-8-7-15(24)11-17(18)25/h7-9,11,14H,2-6,10,12H2,1H3. The number of carbonyl (C=O) groups excluding carboxylic acids is 1. The zero-order chi connectivity index (χ0) is 20.8. The van der Waals surface area contributed by atoms with Crippen molar-refractivity contribution < 1.29 is 18.3 Å². The van der Waals surface area contributed by atoms with Crippen LogP contribution >= 0.6 is 11.3 Å². The summed E-state index contributed by atoms with van der Waals surface area (Å²) < 4.78 is 35.5. The highest BCUT2D eigenvalue weighted by Gasteiger charge is 2.33. The lowest BCUT2D eigenvalue weighted by molar-refractivity contribution is 0.0942. The van der Waals surface area contributed by atoms with E-state index in [0.29, 0.717) is 35.0 Å². The van der Waals surface area contributed by atoms with Crippen molar-refractivity contribution in [3.63, 3.8) is 0 Å². The molecule has 156 valence electrons. The third-order valence-corrected chi connectivity index (χ3v) is 7.03. The maximum atomic E-state index is 14.7. The van der Waals surface area contributed by atoms with Gasteiger partial charge in [0.05, 0.1) is 10.6 Å². The molecule has 0 bridgehead atoms. The minimum atomic E-state index is -0.715. The number of ketones is 1. The lowest BCUT2D eigenvalue weighted by Crippen LogP contribution is -2.15. The Labute approximate surface area is 177 Å². The second kappa shape index (κ2) is 7.61. The van der Waals surface area contributed by atoms with Crippen LogP contribution < -0.4 is 4.74 Å². The first kappa shape index (κ1) is 19.4. The molecule has 0 unspecified atom stereocenters. The number of halogens is 2. The molecule has 1 aliphatic heterocycles. The van der Waals surface area contributed by atoms with Gasteiger partial charge in [0, 0.05) is 22.9 Å². The molecule has 1 fully saturated rings. The summed E-state index contributed by atoms with van der Waals surface area (Å²) in [5.41, 5.74) is 1.83. The molecular formula is C23H22F2N2O2S. The van der Waals surface area contributed by atoms with E-state index in [4.69, 9.17) is 4.74 Å². The van der Waals surface area contributed by atoms with Crippen molar-refractivity contribution in [1.29, 1.82) is 0 Å². The Hall–Kier alpha value is -2.54. The highest BCUT2D eigenvalue weighted by molar-refractivity contribution is 7.15. The minimum absolute atomic E-state index is 0.0280. The highest BCUT2D eigenvalue weighted by atomic mass is 32.1. The van der Waals surface area contributed by atoms with E-state index in [1.165, 1.54) is 34.6 Å². The van der Waals surface area contributed by atoms with E-state index in [-0.39, 0.29) is 18.1 Å². The summed E-state index contributed by atoms with van der Waals surface area (Å²) in [7, 11) is 0. The van der Waals surface area contributed by atoms with Crippen LogP contribution in [-0.4, -0.2) is 15.6 Å². The fraction of sp³-hybridized carbons (Fsp3) is 0.391. The Balaban J connectivity index is 1.63. The second-order valence-corrected chi connectivity index (χ2v) is 9.41. The van der Waals surface area contributed by atoms with E-state index in [0.717, 1.165) is 41.5 Å².